The van der Waals surface area contributed by atoms with Crippen molar-refractivity contribution in [1.82, 2.24) is 10.2 Å². The van der Waals surface area contributed by atoms with Crippen molar-refractivity contribution < 1.29 is 9.53 Å². The Labute approximate surface area is 115 Å². The van der Waals surface area contributed by atoms with Crippen LogP contribution >= 0.6 is 0 Å². The van der Waals surface area contributed by atoms with E-state index in [0.29, 0.717) is 12.0 Å². The second-order valence-corrected chi connectivity index (χ2v) is 5.92. The van der Waals surface area contributed by atoms with Gasteiger partial charge in [0, 0.05) is 12.6 Å². The second kappa shape index (κ2) is 6.20. The molecular weight excluding hydrogens is 242 g/mol. The van der Waals surface area contributed by atoms with Crippen molar-refractivity contribution in [3.8, 4) is 0 Å². The molecule has 5 heteroatoms. The lowest BCUT2D eigenvalue weighted by molar-refractivity contribution is -0.125. The Hall–Kier alpha value is -0.650. The van der Waals surface area contributed by atoms with Gasteiger partial charge in [0.15, 0.2) is 0 Å². The van der Waals surface area contributed by atoms with Crippen molar-refractivity contribution in [2.75, 3.05) is 33.4 Å². The molecule has 1 amide bonds. The van der Waals surface area contributed by atoms with Gasteiger partial charge in [-0.3, -0.25) is 9.69 Å². The standard InChI is InChI=1S/C14H27N3O2/c1-11-10-19-9-8-17(11)7-5-12-4-3-6-14(12,16-2)13(15)18/h11-12,16H,3-10H2,1-2H3,(H2,15,18). The molecule has 110 valence electrons. The Morgan fingerprint density at radius 2 is 2.37 bits per heavy atom. The van der Waals surface area contributed by atoms with E-state index < -0.39 is 5.54 Å². The molecule has 5 nitrogen and oxygen atoms in total. The highest BCUT2D eigenvalue weighted by Crippen LogP contribution is 2.37. The number of nitrogens with two attached hydrogens (primary N) is 1. The first kappa shape index (κ1) is 14.8. The van der Waals surface area contributed by atoms with Crippen LogP contribution in [0, 0.1) is 5.92 Å². The van der Waals surface area contributed by atoms with Gasteiger partial charge in [-0.1, -0.05) is 6.42 Å². The topological polar surface area (TPSA) is 67.6 Å². The molecule has 3 N–H and O–H groups in total. The third kappa shape index (κ3) is 2.93. The number of carbonyl (C=O) groups excluding carboxylic acids is 1. The molecule has 0 aromatic carbocycles. The maximum atomic E-state index is 11.8. The number of hydrogen-bond donors (Lipinski definition) is 2. The lowest BCUT2D eigenvalue weighted by atomic mass is 9.84. The molecule has 1 aliphatic carbocycles. The van der Waals surface area contributed by atoms with Crippen molar-refractivity contribution in [3.05, 3.63) is 0 Å². The summed E-state index contributed by atoms with van der Waals surface area (Å²) in [5, 5.41) is 3.21. The van der Waals surface area contributed by atoms with Gasteiger partial charge in [0.05, 0.1) is 13.2 Å². The molecule has 1 saturated heterocycles. The monoisotopic (exact) mass is 269 g/mol. The van der Waals surface area contributed by atoms with Gasteiger partial charge < -0.3 is 15.8 Å². The second-order valence-electron chi connectivity index (χ2n) is 5.92. The largest absolute Gasteiger partial charge is 0.379 e. The smallest absolute Gasteiger partial charge is 0.238 e. The highest BCUT2D eigenvalue weighted by Gasteiger charge is 2.46. The summed E-state index contributed by atoms with van der Waals surface area (Å²) in [4.78, 5) is 14.3. The molecule has 0 bridgehead atoms. The van der Waals surface area contributed by atoms with Gasteiger partial charge in [0.1, 0.15) is 5.54 Å². The molecule has 1 aliphatic heterocycles. The fourth-order valence-electron chi connectivity index (χ4n) is 3.66. The highest BCUT2D eigenvalue weighted by atomic mass is 16.5. The lowest BCUT2D eigenvalue weighted by Gasteiger charge is -2.37. The molecule has 2 fully saturated rings. The van der Waals surface area contributed by atoms with Crippen LogP contribution in [-0.2, 0) is 9.53 Å². The first-order valence-electron chi connectivity index (χ1n) is 7.41. The van der Waals surface area contributed by atoms with Crippen molar-refractivity contribution in [2.24, 2.45) is 11.7 Å². The number of morpholine rings is 1. The summed E-state index contributed by atoms with van der Waals surface area (Å²) in [7, 11) is 1.86. The zero-order valence-electron chi connectivity index (χ0n) is 12.2. The SMILES string of the molecule is CNC1(C(N)=O)CCCC1CCN1CCOCC1C. The Morgan fingerprint density at radius 3 is 3.00 bits per heavy atom. The Morgan fingerprint density at radius 1 is 1.58 bits per heavy atom. The number of hydrogen-bond acceptors (Lipinski definition) is 4. The molecule has 0 aromatic rings. The van der Waals surface area contributed by atoms with Crippen LogP contribution in [0.15, 0.2) is 0 Å². The third-order valence-electron chi connectivity index (χ3n) is 4.98. The molecule has 3 atom stereocenters. The highest BCUT2D eigenvalue weighted by molar-refractivity contribution is 5.85. The van der Waals surface area contributed by atoms with Crippen LogP contribution in [0.2, 0.25) is 0 Å². The van der Waals surface area contributed by atoms with Crippen LogP contribution in [-0.4, -0.2) is 55.7 Å². The summed E-state index contributed by atoms with van der Waals surface area (Å²) in [5.41, 5.74) is 5.16. The molecule has 0 radical (unpaired) electrons. The van der Waals surface area contributed by atoms with E-state index in [1.165, 1.54) is 0 Å². The molecular formula is C14H27N3O2. The third-order valence-corrected chi connectivity index (χ3v) is 4.98. The zero-order chi connectivity index (χ0) is 13.9. The maximum Gasteiger partial charge on any atom is 0.238 e. The average molecular weight is 269 g/mol. The molecule has 2 aliphatic rings. The van der Waals surface area contributed by atoms with Crippen molar-refractivity contribution in [1.29, 1.82) is 0 Å². The molecule has 1 saturated carbocycles. The summed E-state index contributed by atoms with van der Waals surface area (Å²) in [5.74, 6) is 0.178. The van der Waals surface area contributed by atoms with E-state index in [1.807, 2.05) is 7.05 Å². The molecule has 19 heavy (non-hydrogen) atoms. The summed E-state index contributed by atoms with van der Waals surface area (Å²) in [6.07, 6.45) is 4.10. The minimum atomic E-state index is -0.477. The number of amides is 1. The van der Waals surface area contributed by atoms with Crippen LogP contribution < -0.4 is 11.1 Å². The molecule has 2 rings (SSSR count). The van der Waals surface area contributed by atoms with E-state index in [2.05, 4.69) is 17.1 Å². The summed E-state index contributed by atoms with van der Waals surface area (Å²) < 4.78 is 5.46. The maximum absolute atomic E-state index is 11.8. The van der Waals surface area contributed by atoms with Crippen molar-refractivity contribution >= 4 is 5.91 Å². The number of primary amides is 1. The van der Waals surface area contributed by atoms with Gasteiger partial charge in [-0.05, 0) is 45.7 Å². The Balaban J connectivity index is 1.92. The summed E-state index contributed by atoms with van der Waals surface area (Å²) in [6, 6.07) is 0.479. The Kier molecular flexibility index (Phi) is 4.81. The lowest BCUT2D eigenvalue weighted by Crippen LogP contribution is -2.57. The van der Waals surface area contributed by atoms with Crippen LogP contribution in [0.25, 0.3) is 0 Å². The molecule has 0 spiro atoms. The minimum Gasteiger partial charge on any atom is -0.379 e. The van der Waals surface area contributed by atoms with E-state index in [1.54, 1.807) is 0 Å². The molecule has 0 aromatic heterocycles. The van der Waals surface area contributed by atoms with Crippen molar-refractivity contribution in [3.63, 3.8) is 0 Å². The van der Waals surface area contributed by atoms with E-state index in [4.69, 9.17) is 10.5 Å². The number of rotatable bonds is 5. The van der Waals surface area contributed by atoms with E-state index in [9.17, 15) is 4.79 Å². The fraction of sp³-hybridized carbons (Fsp3) is 0.929. The summed E-state index contributed by atoms with van der Waals surface area (Å²) >= 11 is 0. The average Bonchev–Trinajstić information content (AvgIpc) is 2.82. The van der Waals surface area contributed by atoms with Crippen molar-refractivity contribution in [2.45, 2.75) is 44.2 Å². The number of nitrogens with zero attached hydrogens (tertiary/aromatic N) is 1. The first-order chi connectivity index (χ1) is 9.10. The first-order valence-corrected chi connectivity index (χ1v) is 7.41. The van der Waals surface area contributed by atoms with E-state index in [0.717, 1.165) is 52.0 Å². The van der Waals surface area contributed by atoms with Gasteiger partial charge in [0.2, 0.25) is 5.91 Å². The summed E-state index contributed by atoms with van der Waals surface area (Å²) in [6.45, 7) is 5.87. The van der Waals surface area contributed by atoms with Crippen LogP contribution in [0.1, 0.15) is 32.6 Å². The van der Waals surface area contributed by atoms with Crippen LogP contribution in [0.5, 0.6) is 0 Å². The minimum absolute atomic E-state index is 0.187. The normalized spacial score (nSPS) is 36.5. The zero-order valence-corrected chi connectivity index (χ0v) is 12.2. The van der Waals surface area contributed by atoms with Gasteiger partial charge >= 0.3 is 0 Å². The number of nitrogens with one attached hydrogen (secondary N) is 1. The molecule has 3 unspecified atom stereocenters. The van der Waals surface area contributed by atoms with Gasteiger partial charge in [-0.2, -0.15) is 0 Å². The van der Waals surface area contributed by atoms with Gasteiger partial charge in [0.25, 0.3) is 0 Å². The predicted molar refractivity (Wildman–Crippen MR) is 74.8 cm³/mol. The molecule has 1 heterocycles. The van der Waals surface area contributed by atoms with Gasteiger partial charge in [-0.15, -0.1) is 0 Å². The van der Waals surface area contributed by atoms with E-state index in [-0.39, 0.29) is 5.91 Å². The quantitative estimate of drug-likeness (QED) is 0.755. The van der Waals surface area contributed by atoms with Crippen LogP contribution in [0.4, 0.5) is 0 Å². The van der Waals surface area contributed by atoms with E-state index >= 15 is 0 Å². The number of ether oxygens (including phenoxy) is 1. The predicted octanol–water partition coefficient (Wildman–Crippen LogP) is 0.341. The Bertz CT molecular complexity index is 324. The number of likely N-dealkylation sites (N-methyl/N-ethyl adjacent to an activating group) is 1. The number of carbonyl (C=O) groups is 1. The fourth-order valence-corrected chi connectivity index (χ4v) is 3.66. The van der Waals surface area contributed by atoms with Gasteiger partial charge in [-0.25, -0.2) is 0 Å². The van der Waals surface area contributed by atoms with Crippen LogP contribution in [0.3, 0.4) is 0 Å².